The molecule has 15 nitrogen and oxygen atoms in total. The zero-order chi connectivity index (χ0) is 53.5. The third-order valence-corrected chi connectivity index (χ3v) is 11.5. The average molecular weight is 1040 g/mol. The maximum atomic E-state index is 14.3. The van der Waals surface area contributed by atoms with E-state index in [-0.39, 0.29) is 72.6 Å². The van der Waals surface area contributed by atoms with Crippen molar-refractivity contribution < 1.29 is 62.0 Å². The zero-order valence-electron chi connectivity index (χ0n) is 42.3. The second kappa shape index (κ2) is 26.9. The number of pyridine rings is 3. The van der Waals surface area contributed by atoms with E-state index in [1.807, 2.05) is 75.3 Å². The molecule has 0 bridgehead atoms. The van der Waals surface area contributed by atoms with Crippen molar-refractivity contribution >= 4 is 48.1 Å². The van der Waals surface area contributed by atoms with Crippen LogP contribution in [0.1, 0.15) is 104 Å². The minimum absolute atomic E-state index is 0.0854. The second-order valence-corrected chi connectivity index (χ2v) is 20.6. The minimum atomic E-state index is -0.927. The summed E-state index contributed by atoms with van der Waals surface area (Å²) < 4.78 is 62.6. The van der Waals surface area contributed by atoms with E-state index in [1.54, 1.807) is 22.0 Å². The first kappa shape index (κ1) is 60.7. The molecule has 0 unspecified atom stereocenters. The predicted molar refractivity (Wildman–Crippen MR) is 267 cm³/mol. The minimum Gasteiger partial charge on any atom is -0.444 e. The number of ether oxygens (including phenoxy) is 2. The van der Waals surface area contributed by atoms with Crippen molar-refractivity contribution in [2.24, 2.45) is 0 Å². The molecule has 6 rings (SSSR count). The van der Waals surface area contributed by atoms with Crippen molar-refractivity contribution in [2.45, 2.75) is 136 Å². The van der Waals surface area contributed by atoms with Crippen LogP contribution < -0.4 is 0 Å². The lowest BCUT2D eigenvalue weighted by Gasteiger charge is -2.32. The number of aliphatic hydroxyl groups is 4. The molecule has 2 amide bonds. The molecule has 3 aromatic rings. The Morgan fingerprint density at radius 1 is 0.746 bits per heavy atom. The van der Waals surface area contributed by atoms with Crippen LogP contribution in [-0.2, 0) is 38.0 Å². The maximum Gasteiger partial charge on any atom is 0.490 e. The van der Waals surface area contributed by atoms with Gasteiger partial charge in [-0.15, -0.1) is 6.58 Å². The lowest BCUT2D eigenvalue weighted by atomic mass is 9.75. The van der Waals surface area contributed by atoms with Gasteiger partial charge in [-0.05, 0) is 134 Å². The van der Waals surface area contributed by atoms with Crippen LogP contribution in [0.2, 0.25) is 10.3 Å². The van der Waals surface area contributed by atoms with Crippen molar-refractivity contribution in [3.63, 3.8) is 0 Å². The van der Waals surface area contributed by atoms with Gasteiger partial charge in [0, 0.05) is 57.6 Å². The third-order valence-electron chi connectivity index (χ3n) is 11.0. The number of nitrogens with zero attached hydrogens (tertiary/aromatic N) is 5. The highest BCUT2D eigenvalue weighted by Crippen LogP contribution is 2.39. The van der Waals surface area contributed by atoms with E-state index < -0.39 is 40.9 Å². The number of aliphatic hydroxyl groups excluding tert-OH is 4. The SMILES string of the molecule is C=CCc1cnc(Cl)c(F)c1.CC(C)(C)OC(=O)N1CC=C(B2OC(C)(C)C(C)(C)O2)CC1.CC(C)(C)OC(=O)N1CC=C(c2ncc(C[C@@H](O)CO)cc2F)CC1.OC[C@H](O)Cc1cnc(Cl)c(F)c1. The monoisotopic (exact) mass is 1040 g/mol. The lowest BCUT2D eigenvalue weighted by molar-refractivity contribution is 0.00578. The first-order valence-electron chi connectivity index (χ1n) is 23.1. The molecular weight excluding hydrogens is 969 g/mol. The van der Waals surface area contributed by atoms with E-state index in [0.29, 0.717) is 50.1 Å². The highest BCUT2D eigenvalue weighted by molar-refractivity contribution is 6.54. The fourth-order valence-corrected chi connectivity index (χ4v) is 6.78. The number of rotatable bonds is 10. The van der Waals surface area contributed by atoms with Crippen LogP contribution >= 0.6 is 23.2 Å². The highest BCUT2D eigenvalue weighted by Gasteiger charge is 2.52. The van der Waals surface area contributed by atoms with Gasteiger partial charge in [0.25, 0.3) is 0 Å². The Labute approximate surface area is 425 Å². The summed E-state index contributed by atoms with van der Waals surface area (Å²) in [6, 6.07) is 3.87. The van der Waals surface area contributed by atoms with Gasteiger partial charge in [0.05, 0.1) is 36.6 Å². The van der Waals surface area contributed by atoms with Gasteiger partial charge >= 0.3 is 19.3 Å². The van der Waals surface area contributed by atoms with Gasteiger partial charge in [-0.3, -0.25) is 4.98 Å². The summed E-state index contributed by atoms with van der Waals surface area (Å²) in [5, 5.41) is 35.6. The smallest absolute Gasteiger partial charge is 0.444 e. The summed E-state index contributed by atoms with van der Waals surface area (Å²) in [6.45, 7) is 24.0. The molecule has 3 aliphatic rings. The molecule has 0 aromatic carbocycles. The summed E-state index contributed by atoms with van der Waals surface area (Å²) in [5.41, 5.74) is 2.23. The van der Waals surface area contributed by atoms with Gasteiger partial charge in [-0.1, -0.05) is 41.4 Å². The van der Waals surface area contributed by atoms with Crippen LogP contribution in [0.4, 0.5) is 22.8 Å². The summed E-state index contributed by atoms with van der Waals surface area (Å²) >= 11 is 10.7. The molecule has 0 aliphatic carbocycles. The average Bonchev–Trinajstić information content (AvgIpc) is 3.51. The number of halogens is 5. The fraction of sp³-hybridized carbons (Fsp3) is 0.540. The van der Waals surface area contributed by atoms with Crippen LogP contribution in [-0.4, -0.2) is 138 Å². The summed E-state index contributed by atoms with van der Waals surface area (Å²) in [7, 11) is -0.314. The molecule has 0 spiro atoms. The molecule has 3 aliphatic heterocycles. The molecule has 2 atom stereocenters. The predicted octanol–water partition coefficient (Wildman–Crippen LogP) is 8.70. The molecule has 1 saturated heterocycles. The molecule has 21 heteroatoms. The standard InChI is InChI=1S/C18H25FN2O4.C16H28BNO4.C8H9ClFNO2.C8H7ClFN/c1-18(2,3)25-17(24)21-6-4-13(5-7-21)16-15(19)9-12(10-20-16)8-14(23)11-22;1-14(2,3)20-13(19)18-10-8-12(9-11-18)17-21-15(4,5)16(6,7)22-17;9-8-7(10)2-5(3-11-8)1-6(13)4-12;1-2-3-6-4-7(10)8(9)11-5-6/h4,9-10,14,22-23H,5-8,11H2,1-3H3;8H,9-11H2,1-7H3;2-3,6,12-13H,1,4H2;2,4-5H,1,3H2/t14-;;6-;/m1.1./s1. The summed E-state index contributed by atoms with van der Waals surface area (Å²) in [4.78, 5) is 38.7. The Morgan fingerprint density at radius 3 is 1.55 bits per heavy atom. The van der Waals surface area contributed by atoms with E-state index in [4.69, 9.17) is 57.3 Å². The Kier molecular flexibility index (Phi) is 23.0. The molecule has 71 heavy (non-hydrogen) atoms. The lowest BCUT2D eigenvalue weighted by Crippen LogP contribution is -2.41. The molecule has 6 heterocycles. The van der Waals surface area contributed by atoms with Crippen molar-refractivity contribution in [1.29, 1.82) is 0 Å². The van der Waals surface area contributed by atoms with Crippen LogP contribution in [0.3, 0.4) is 0 Å². The molecule has 1 fully saturated rings. The number of hydrogen-bond acceptors (Lipinski definition) is 13. The van der Waals surface area contributed by atoms with E-state index in [1.165, 1.54) is 36.8 Å². The topological polar surface area (TPSA) is 197 Å². The maximum absolute atomic E-state index is 14.3. The van der Waals surface area contributed by atoms with Crippen molar-refractivity contribution in [3.05, 3.63) is 117 Å². The van der Waals surface area contributed by atoms with Gasteiger partial charge in [0.2, 0.25) is 0 Å². The first-order valence-corrected chi connectivity index (χ1v) is 23.9. The van der Waals surface area contributed by atoms with E-state index in [0.717, 1.165) is 23.0 Å². The van der Waals surface area contributed by atoms with Crippen molar-refractivity contribution in [2.75, 3.05) is 39.4 Å². The molecular formula is C50H69BCl2F3N5O10. The Morgan fingerprint density at radius 2 is 1.17 bits per heavy atom. The normalized spacial score (nSPS) is 17.1. The Hall–Kier alpha value is -4.60. The number of carbonyl (C=O) groups is 2. The quantitative estimate of drug-likeness (QED) is 0.0856. The Bertz CT molecular complexity index is 2310. The van der Waals surface area contributed by atoms with Gasteiger partial charge in [-0.2, -0.15) is 0 Å². The van der Waals surface area contributed by atoms with Gasteiger partial charge in [-0.25, -0.2) is 32.7 Å². The molecule has 3 aromatic heterocycles. The number of aromatic nitrogens is 3. The van der Waals surface area contributed by atoms with Crippen LogP contribution in [0, 0.1) is 17.5 Å². The third kappa shape index (κ3) is 20.1. The number of amides is 2. The second-order valence-electron chi connectivity index (χ2n) is 19.9. The van der Waals surface area contributed by atoms with Crippen molar-refractivity contribution in [3.8, 4) is 0 Å². The fourth-order valence-electron chi connectivity index (χ4n) is 6.57. The van der Waals surface area contributed by atoms with Gasteiger partial charge in [0.15, 0.2) is 21.9 Å². The number of carbonyl (C=O) groups excluding carboxylic acids is 2. The van der Waals surface area contributed by atoms with E-state index in [9.17, 15) is 27.9 Å². The largest absolute Gasteiger partial charge is 0.490 e. The summed E-state index contributed by atoms with van der Waals surface area (Å²) in [6.07, 6.45) is 9.58. The number of hydrogen-bond donors (Lipinski definition) is 4. The van der Waals surface area contributed by atoms with Crippen LogP contribution in [0.25, 0.3) is 5.57 Å². The van der Waals surface area contributed by atoms with Gasteiger partial charge in [0.1, 0.15) is 22.7 Å². The zero-order valence-corrected chi connectivity index (χ0v) is 43.8. The molecule has 0 radical (unpaired) electrons. The van der Waals surface area contributed by atoms with E-state index >= 15 is 0 Å². The Balaban J connectivity index is 0.000000263. The van der Waals surface area contributed by atoms with Crippen LogP contribution in [0.5, 0.6) is 0 Å². The van der Waals surface area contributed by atoms with E-state index in [2.05, 4.69) is 21.5 Å². The first-order chi connectivity index (χ1) is 33.0. The molecule has 392 valence electrons. The van der Waals surface area contributed by atoms with Crippen molar-refractivity contribution in [1.82, 2.24) is 24.8 Å². The van der Waals surface area contributed by atoms with Crippen LogP contribution in [0.15, 0.2) is 67.1 Å². The highest BCUT2D eigenvalue weighted by atomic mass is 35.5. The number of allylic oxidation sites excluding steroid dienone is 1. The van der Waals surface area contributed by atoms with Gasteiger partial charge < -0.3 is 49.0 Å². The molecule has 4 N–H and O–H groups in total. The summed E-state index contributed by atoms with van der Waals surface area (Å²) in [5.74, 6) is -1.57. The molecule has 0 saturated carbocycles.